The molecule has 1 saturated heterocycles. The molecule has 0 aromatic heterocycles. The molecule has 1 fully saturated rings. The highest BCUT2D eigenvalue weighted by molar-refractivity contribution is 5.72. The molecule has 2 N–H and O–H groups in total. The number of ether oxygens (including phenoxy) is 1. The van der Waals surface area contributed by atoms with Gasteiger partial charge in [0, 0.05) is 6.61 Å². The molecule has 1 heterocycles. The Morgan fingerprint density at radius 3 is 3.00 bits per heavy atom. The second kappa shape index (κ2) is 3.53. The van der Waals surface area contributed by atoms with Crippen LogP contribution in [-0.4, -0.2) is 19.2 Å². The van der Waals surface area contributed by atoms with E-state index in [2.05, 4.69) is 4.84 Å². The van der Waals surface area contributed by atoms with Crippen molar-refractivity contribution in [1.82, 2.24) is 0 Å². The fraction of sp³-hybridized carbons (Fsp3) is 0.833. The first-order chi connectivity index (χ1) is 4.84. The molecule has 4 heteroatoms. The molecule has 0 spiro atoms. The van der Waals surface area contributed by atoms with Gasteiger partial charge in [-0.2, -0.15) is 5.90 Å². The highest BCUT2D eigenvalue weighted by Crippen LogP contribution is 2.13. The van der Waals surface area contributed by atoms with Gasteiger partial charge in [-0.25, -0.2) is 4.79 Å². The number of nitrogens with two attached hydrogens (primary N) is 1. The van der Waals surface area contributed by atoms with Crippen molar-refractivity contribution in [3.63, 3.8) is 0 Å². The van der Waals surface area contributed by atoms with Crippen LogP contribution in [0, 0.1) is 5.92 Å². The standard InChI is InChI=1S/C6H11NO3/c7-10-6(8)5-2-1-3-9-4-5/h5H,1-4,7H2. The first-order valence-corrected chi connectivity index (χ1v) is 3.33. The van der Waals surface area contributed by atoms with Crippen LogP contribution in [0.15, 0.2) is 0 Å². The molecule has 1 aliphatic rings. The zero-order valence-corrected chi connectivity index (χ0v) is 5.71. The van der Waals surface area contributed by atoms with E-state index in [0.717, 1.165) is 19.4 Å². The highest BCUT2D eigenvalue weighted by Gasteiger charge is 2.22. The molecule has 0 saturated carbocycles. The average Bonchev–Trinajstić information content (AvgIpc) is 2.05. The van der Waals surface area contributed by atoms with Gasteiger partial charge in [0.2, 0.25) is 0 Å². The van der Waals surface area contributed by atoms with Gasteiger partial charge in [0.15, 0.2) is 0 Å². The first-order valence-electron chi connectivity index (χ1n) is 3.33. The van der Waals surface area contributed by atoms with Gasteiger partial charge in [-0.15, -0.1) is 0 Å². The first kappa shape index (κ1) is 7.50. The van der Waals surface area contributed by atoms with Crippen LogP contribution in [0.2, 0.25) is 0 Å². The summed E-state index contributed by atoms with van der Waals surface area (Å²) in [7, 11) is 0. The minimum atomic E-state index is -0.361. The Bertz CT molecular complexity index is 120. The third-order valence-corrected chi connectivity index (χ3v) is 1.61. The topological polar surface area (TPSA) is 61.5 Å². The maximum Gasteiger partial charge on any atom is 0.329 e. The molecule has 0 aromatic rings. The summed E-state index contributed by atoms with van der Waals surface area (Å²) in [5.74, 6) is 4.20. The lowest BCUT2D eigenvalue weighted by molar-refractivity contribution is -0.153. The van der Waals surface area contributed by atoms with E-state index < -0.39 is 0 Å². The van der Waals surface area contributed by atoms with E-state index >= 15 is 0 Å². The van der Waals surface area contributed by atoms with Gasteiger partial charge in [0.1, 0.15) is 0 Å². The van der Waals surface area contributed by atoms with Crippen molar-refractivity contribution in [2.75, 3.05) is 13.2 Å². The Hall–Kier alpha value is -0.610. The van der Waals surface area contributed by atoms with Crippen molar-refractivity contribution in [1.29, 1.82) is 0 Å². The van der Waals surface area contributed by atoms with Gasteiger partial charge < -0.3 is 9.57 Å². The predicted octanol–water partition coefficient (Wildman–Crippen LogP) is -0.170. The summed E-state index contributed by atoms with van der Waals surface area (Å²) in [4.78, 5) is 14.8. The third kappa shape index (κ3) is 1.68. The van der Waals surface area contributed by atoms with Gasteiger partial charge in [0.05, 0.1) is 12.5 Å². The Kier molecular flexibility index (Phi) is 2.65. The van der Waals surface area contributed by atoms with E-state index in [0.29, 0.717) is 6.61 Å². The molecule has 1 aliphatic heterocycles. The van der Waals surface area contributed by atoms with Crippen molar-refractivity contribution in [2.24, 2.45) is 11.8 Å². The minimum Gasteiger partial charge on any atom is -0.381 e. The zero-order chi connectivity index (χ0) is 7.40. The monoisotopic (exact) mass is 145 g/mol. The van der Waals surface area contributed by atoms with Gasteiger partial charge in [-0.05, 0) is 12.8 Å². The van der Waals surface area contributed by atoms with Crippen LogP contribution >= 0.6 is 0 Å². The lowest BCUT2D eigenvalue weighted by Gasteiger charge is -2.18. The fourth-order valence-electron chi connectivity index (χ4n) is 1.02. The largest absolute Gasteiger partial charge is 0.381 e. The molecule has 0 aromatic carbocycles. The highest BCUT2D eigenvalue weighted by atomic mass is 16.7. The van der Waals surface area contributed by atoms with Crippen LogP contribution in [0.5, 0.6) is 0 Å². The SMILES string of the molecule is NOC(=O)C1CCCOC1. The molecule has 0 bridgehead atoms. The number of carbonyl (C=O) groups excluding carboxylic acids is 1. The van der Waals surface area contributed by atoms with Gasteiger partial charge in [-0.1, -0.05) is 0 Å². The molecule has 4 nitrogen and oxygen atoms in total. The van der Waals surface area contributed by atoms with Gasteiger partial charge in [-0.3, -0.25) is 0 Å². The minimum absolute atomic E-state index is 0.140. The van der Waals surface area contributed by atoms with E-state index in [1.54, 1.807) is 0 Å². The summed E-state index contributed by atoms with van der Waals surface area (Å²) >= 11 is 0. The summed E-state index contributed by atoms with van der Waals surface area (Å²) < 4.78 is 5.05. The number of hydrogen-bond donors (Lipinski definition) is 1. The molecule has 0 aliphatic carbocycles. The van der Waals surface area contributed by atoms with Crippen LogP contribution in [0.1, 0.15) is 12.8 Å². The molecule has 1 atom stereocenters. The van der Waals surface area contributed by atoms with Crippen LogP contribution in [-0.2, 0) is 14.4 Å². The van der Waals surface area contributed by atoms with Gasteiger partial charge in [0.25, 0.3) is 0 Å². The summed E-state index contributed by atoms with van der Waals surface area (Å²) in [6.07, 6.45) is 1.75. The maximum atomic E-state index is 10.7. The quantitative estimate of drug-likeness (QED) is 0.520. The summed E-state index contributed by atoms with van der Waals surface area (Å²) in [5.41, 5.74) is 0. The average molecular weight is 145 g/mol. The van der Waals surface area contributed by atoms with Crippen molar-refractivity contribution >= 4 is 5.97 Å². The predicted molar refractivity (Wildman–Crippen MR) is 33.8 cm³/mol. The van der Waals surface area contributed by atoms with Crippen LogP contribution in [0.25, 0.3) is 0 Å². The van der Waals surface area contributed by atoms with Crippen molar-refractivity contribution in [2.45, 2.75) is 12.8 Å². The Labute approximate surface area is 59.2 Å². The molecule has 1 rings (SSSR count). The Balaban J connectivity index is 2.31. The molecule has 58 valence electrons. The molecular weight excluding hydrogens is 134 g/mol. The van der Waals surface area contributed by atoms with E-state index in [9.17, 15) is 4.79 Å². The molecule has 0 amide bonds. The van der Waals surface area contributed by atoms with Crippen molar-refractivity contribution in [3.05, 3.63) is 0 Å². The number of carbonyl (C=O) groups is 1. The normalized spacial score (nSPS) is 25.9. The van der Waals surface area contributed by atoms with E-state index in [1.807, 2.05) is 0 Å². The maximum absolute atomic E-state index is 10.7. The smallest absolute Gasteiger partial charge is 0.329 e. The molecule has 1 unspecified atom stereocenters. The number of rotatable bonds is 1. The van der Waals surface area contributed by atoms with Crippen LogP contribution in [0.3, 0.4) is 0 Å². The second-order valence-corrected chi connectivity index (χ2v) is 2.35. The second-order valence-electron chi connectivity index (χ2n) is 2.35. The molecule has 10 heavy (non-hydrogen) atoms. The fourth-order valence-corrected chi connectivity index (χ4v) is 1.02. The summed E-state index contributed by atoms with van der Waals surface area (Å²) in [6.45, 7) is 1.20. The molecular formula is C6H11NO3. The Morgan fingerprint density at radius 1 is 1.70 bits per heavy atom. The Morgan fingerprint density at radius 2 is 2.50 bits per heavy atom. The lowest BCUT2D eigenvalue weighted by atomic mass is 10.0. The summed E-state index contributed by atoms with van der Waals surface area (Å²) in [6, 6.07) is 0. The van der Waals surface area contributed by atoms with E-state index in [1.165, 1.54) is 0 Å². The lowest BCUT2D eigenvalue weighted by Crippen LogP contribution is -2.28. The summed E-state index contributed by atoms with van der Waals surface area (Å²) in [5, 5.41) is 0. The van der Waals surface area contributed by atoms with Crippen molar-refractivity contribution in [3.8, 4) is 0 Å². The molecule has 0 radical (unpaired) electrons. The van der Waals surface area contributed by atoms with Crippen molar-refractivity contribution < 1.29 is 14.4 Å². The number of hydrogen-bond acceptors (Lipinski definition) is 4. The van der Waals surface area contributed by atoms with Crippen LogP contribution < -0.4 is 5.90 Å². The van der Waals surface area contributed by atoms with Gasteiger partial charge >= 0.3 is 5.97 Å². The van der Waals surface area contributed by atoms with E-state index in [4.69, 9.17) is 10.6 Å². The zero-order valence-electron chi connectivity index (χ0n) is 5.71. The van der Waals surface area contributed by atoms with Crippen LogP contribution in [0.4, 0.5) is 0 Å². The third-order valence-electron chi connectivity index (χ3n) is 1.61. The van der Waals surface area contributed by atoms with E-state index in [-0.39, 0.29) is 11.9 Å².